The van der Waals surface area contributed by atoms with Crippen LogP contribution < -0.4 is 0 Å². The molecule has 154 valence electrons. The van der Waals surface area contributed by atoms with Crippen molar-refractivity contribution in [2.24, 2.45) is 0 Å². The van der Waals surface area contributed by atoms with Crippen LogP contribution in [0.3, 0.4) is 0 Å². The molecule has 0 saturated heterocycles. The molecular formula is C23H28N2O4. The Balaban J connectivity index is 2.15. The lowest BCUT2D eigenvalue weighted by Gasteiger charge is -2.14. The summed E-state index contributed by atoms with van der Waals surface area (Å²) in [7, 11) is 2.65. The smallest absolute Gasteiger partial charge is 0.357 e. The molecule has 6 nitrogen and oxygen atoms in total. The molecule has 0 saturated carbocycles. The first-order chi connectivity index (χ1) is 14.1. The number of nitrogens with zero attached hydrogens (tertiary/aromatic N) is 2. The minimum atomic E-state index is -0.536. The number of aromatic nitrogens is 2. The summed E-state index contributed by atoms with van der Waals surface area (Å²) in [4.78, 5) is 33.5. The van der Waals surface area contributed by atoms with Gasteiger partial charge in [0.15, 0.2) is 11.4 Å². The second-order valence-corrected chi connectivity index (χ2v) is 7.44. The van der Waals surface area contributed by atoms with Crippen LogP contribution in [0.5, 0.6) is 0 Å². The van der Waals surface area contributed by atoms with Crippen LogP contribution in [0, 0.1) is 0 Å². The molecule has 0 amide bonds. The molecule has 0 radical (unpaired) electrons. The quantitative estimate of drug-likeness (QED) is 0.693. The van der Waals surface area contributed by atoms with Gasteiger partial charge < -0.3 is 9.47 Å². The summed E-state index contributed by atoms with van der Waals surface area (Å²) in [6, 6.07) is 3.87. The molecule has 2 heterocycles. The predicted octanol–water partition coefficient (Wildman–Crippen LogP) is 4.55. The topological polar surface area (TPSA) is 78.4 Å². The van der Waals surface area contributed by atoms with E-state index in [1.165, 1.54) is 46.3 Å². The lowest BCUT2D eigenvalue weighted by atomic mass is 9.96. The largest absolute Gasteiger partial charge is 0.464 e. The molecule has 0 atom stereocenters. The molecule has 0 aromatic carbocycles. The van der Waals surface area contributed by atoms with Crippen molar-refractivity contribution < 1.29 is 19.1 Å². The first-order valence-electron chi connectivity index (χ1n) is 10.3. The molecule has 0 aliphatic heterocycles. The fourth-order valence-electron chi connectivity index (χ4n) is 3.76. The zero-order chi connectivity index (χ0) is 20.6. The van der Waals surface area contributed by atoms with Crippen molar-refractivity contribution in [1.29, 1.82) is 0 Å². The summed E-state index contributed by atoms with van der Waals surface area (Å²) in [5, 5.41) is 0. The fraction of sp³-hybridized carbons (Fsp3) is 0.478. The standard InChI is InChI=1S/C23H28N2O4/c1-28-22(26)20-18-12-16(14-24-20)10-8-6-4-3-5-7-9-11-17-13-19(18)21(25-15-17)23(27)29-2/h12-15H,3-11H2,1-2H3. The number of pyridine rings is 2. The maximum atomic E-state index is 12.4. The summed E-state index contributed by atoms with van der Waals surface area (Å²) in [6.45, 7) is 0. The number of methoxy groups -OCH3 is 2. The SMILES string of the molecule is COC(=O)c1ncc2cc1-c1cc(cnc1C(=O)OC)CCCCCCCCC2. The van der Waals surface area contributed by atoms with Crippen LogP contribution in [-0.2, 0) is 22.3 Å². The molecule has 0 fully saturated rings. The Bertz CT molecular complexity index is 808. The third-order valence-electron chi connectivity index (χ3n) is 5.37. The van der Waals surface area contributed by atoms with Gasteiger partial charge >= 0.3 is 11.9 Å². The van der Waals surface area contributed by atoms with Crippen molar-refractivity contribution in [2.75, 3.05) is 14.2 Å². The average molecular weight is 396 g/mol. The summed E-state index contributed by atoms with van der Waals surface area (Å²) in [5.41, 5.74) is 3.57. The van der Waals surface area contributed by atoms with Gasteiger partial charge in [-0.1, -0.05) is 32.1 Å². The Hall–Kier alpha value is -2.76. The van der Waals surface area contributed by atoms with Crippen LogP contribution in [0.15, 0.2) is 24.5 Å². The number of carbonyl (C=O) groups excluding carboxylic acids is 2. The van der Waals surface area contributed by atoms with E-state index in [0.29, 0.717) is 11.1 Å². The van der Waals surface area contributed by atoms with Gasteiger partial charge in [0.25, 0.3) is 0 Å². The van der Waals surface area contributed by atoms with Crippen molar-refractivity contribution in [3.05, 3.63) is 47.0 Å². The second-order valence-electron chi connectivity index (χ2n) is 7.44. The van der Waals surface area contributed by atoms with E-state index < -0.39 is 11.9 Å². The number of rotatable bonds is 2. The molecule has 0 spiro atoms. The summed E-state index contributed by atoms with van der Waals surface area (Å²) in [5.74, 6) is -1.07. The summed E-state index contributed by atoms with van der Waals surface area (Å²) in [6.07, 6.45) is 13.4. The number of hydrogen-bond acceptors (Lipinski definition) is 6. The van der Waals surface area contributed by atoms with Crippen molar-refractivity contribution >= 4 is 11.9 Å². The van der Waals surface area contributed by atoms with Gasteiger partial charge in [-0.15, -0.1) is 0 Å². The molecule has 1 aliphatic carbocycles. The highest BCUT2D eigenvalue weighted by molar-refractivity contribution is 6.01. The zero-order valence-corrected chi connectivity index (χ0v) is 17.2. The highest BCUT2D eigenvalue weighted by Crippen LogP contribution is 2.29. The number of ether oxygens (including phenoxy) is 2. The van der Waals surface area contributed by atoms with E-state index in [0.717, 1.165) is 36.8 Å². The van der Waals surface area contributed by atoms with Crippen LogP contribution in [0.1, 0.15) is 77.0 Å². The van der Waals surface area contributed by atoms with Gasteiger partial charge in [-0.05, 0) is 48.9 Å². The molecule has 2 aromatic heterocycles. The maximum Gasteiger partial charge on any atom is 0.357 e. The Morgan fingerprint density at radius 1 is 0.690 bits per heavy atom. The van der Waals surface area contributed by atoms with Crippen LogP contribution in [-0.4, -0.2) is 36.1 Å². The van der Waals surface area contributed by atoms with Crippen LogP contribution >= 0.6 is 0 Å². The van der Waals surface area contributed by atoms with Crippen molar-refractivity contribution in [2.45, 2.75) is 57.8 Å². The zero-order valence-electron chi connectivity index (χ0n) is 17.2. The minimum Gasteiger partial charge on any atom is -0.464 e. The normalized spacial score (nSPS) is 15.0. The summed E-state index contributed by atoms with van der Waals surface area (Å²) < 4.78 is 9.86. The van der Waals surface area contributed by atoms with Gasteiger partial charge in [-0.25, -0.2) is 19.6 Å². The van der Waals surface area contributed by atoms with E-state index in [1.54, 1.807) is 12.4 Å². The van der Waals surface area contributed by atoms with Crippen molar-refractivity contribution in [1.82, 2.24) is 9.97 Å². The highest BCUT2D eigenvalue weighted by atomic mass is 16.5. The molecule has 6 heteroatoms. The number of fused-ring (bicyclic) bond motifs is 5. The predicted molar refractivity (Wildman–Crippen MR) is 110 cm³/mol. The van der Waals surface area contributed by atoms with E-state index in [2.05, 4.69) is 9.97 Å². The van der Waals surface area contributed by atoms with Crippen LogP contribution in [0.25, 0.3) is 11.1 Å². The van der Waals surface area contributed by atoms with Gasteiger partial charge in [0.2, 0.25) is 0 Å². The minimum absolute atomic E-state index is 0.185. The first-order valence-corrected chi connectivity index (χ1v) is 10.3. The van der Waals surface area contributed by atoms with Gasteiger partial charge in [-0.3, -0.25) is 0 Å². The van der Waals surface area contributed by atoms with E-state index in [4.69, 9.17) is 9.47 Å². The van der Waals surface area contributed by atoms with E-state index >= 15 is 0 Å². The van der Waals surface area contributed by atoms with E-state index in [1.807, 2.05) is 12.1 Å². The summed E-state index contributed by atoms with van der Waals surface area (Å²) >= 11 is 0. The number of esters is 2. The molecule has 4 bridgehead atoms. The molecule has 0 N–H and O–H groups in total. The molecule has 2 aromatic rings. The van der Waals surface area contributed by atoms with Gasteiger partial charge in [0.05, 0.1) is 14.2 Å². The van der Waals surface area contributed by atoms with E-state index in [9.17, 15) is 9.59 Å². The average Bonchev–Trinajstić information content (AvgIpc) is 2.76. The molecule has 3 rings (SSSR count). The number of carbonyl (C=O) groups is 2. The highest BCUT2D eigenvalue weighted by Gasteiger charge is 2.23. The number of hydrogen-bond donors (Lipinski definition) is 0. The molecular weight excluding hydrogens is 368 g/mol. The first kappa shape index (κ1) is 21.0. The lowest BCUT2D eigenvalue weighted by molar-refractivity contribution is 0.0583. The third-order valence-corrected chi connectivity index (χ3v) is 5.37. The van der Waals surface area contributed by atoms with E-state index in [-0.39, 0.29) is 11.4 Å². The van der Waals surface area contributed by atoms with Crippen LogP contribution in [0.4, 0.5) is 0 Å². The molecule has 29 heavy (non-hydrogen) atoms. The second kappa shape index (κ2) is 10.1. The Labute approximate surface area is 171 Å². The van der Waals surface area contributed by atoms with Crippen LogP contribution in [0.2, 0.25) is 0 Å². The Morgan fingerprint density at radius 2 is 1.07 bits per heavy atom. The molecule has 1 aliphatic rings. The van der Waals surface area contributed by atoms with Crippen molar-refractivity contribution in [3.8, 4) is 11.1 Å². The maximum absolute atomic E-state index is 12.4. The third kappa shape index (κ3) is 5.19. The monoisotopic (exact) mass is 396 g/mol. The number of aryl methyl sites for hydroxylation is 2. The molecule has 0 unspecified atom stereocenters. The lowest BCUT2D eigenvalue weighted by Crippen LogP contribution is -2.12. The Kier molecular flexibility index (Phi) is 7.33. The Morgan fingerprint density at radius 3 is 1.45 bits per heavy atom. The van der Waals surface area contributed by atoms with Crippen molar-refractivity contribution in [3.63, 3.8) is 0 Å². The van der Waals surface area contributed by atoms with Gasteiger partial charge in [0, 0.05) is 23.5 Å². The van der Waals surface area contributed by atoms with Gasteiger partial charge in [-0.2, -0.15) is 0 Å². The van der Waals surface area contributed by atoms with Gasteiger partial charge in [0.1, 0.15) is 0 Å². The fourth-order valence-corrected chi connectivity index (χ4v) is 3.76.